The van der Waals surface area contributed by atoms with Crippen molar-refractivity contribution in [2.45, 2.75) is 77.3 Å². The van der Waals surface area contributed by atoms with Gasteiger partial charge in [0, 0.05) is 50.5 Å². The third-order valence-electron chi connectivity index (χ3n) is 6.67. The highest BCUT2D eigenvalue weighted by Crippen LogP contribution is 2.44. The van der Waals surface area contributed by atoms with Crippen molar-refractivity contribution in [1.82, 2.24) is 9.88 Å². The van der Waals surface area contributed by atoms with Crippen LogP contribution in [0.4, 0.5) is 0 Å². The van der Waals surface area contributed by atoms with E-state index in [0.717, 1.165) is 42.6 Å². The SMILES string of the molecule is CCO[C@H]1C[C@@H](c2cccnc2)OC2(CCN(C(=O)c3ccc(OC(C)C)c(C)c3)CC2)C1. The van der Waals surface area contributed by atoms with Crippen LogP contribution >= 0.6 is 0 Å². The van der Waals surface area contributed by atoms with E-state index in [4.69, 9.17) is 14.2 Å². The molecule has 3 heterocycles. The lowest BCUT2D eigenvalue weighted by molar-refractivity contribution is -0.190. The smallest absolute Gasteiger partial charge is 0.253 e. The van der Waals surface area contributed by atoms with Gasteiger partial charge in [-0.15, -0.1) is 0 Å². The molecule has 6 heteroatoms. The Kier molecular flexibility index (Phi) is 7.35. The molecule has 4 rings (SSSR count). The van der Waals surface area contributed by atoms with Gasteiger partial charge in [0.2, 0.25) is 0 Å². The number of carbonyl (C=O) groups excluding carboxylic acids is 1. The van der Waals surface area contributed by atoms with Gasteiger partial charge >= 0.3 is 0 Å². The van der Waals surface area contributed by atoms with Crippen LogP contribution in [0.5, 0.6) is 5.75 Å². The lowest BCUT2D eigenvalue weighted by Crippen LogP contribution is -2.52. The van der Waals surface area contributed by atoms with Crippen molar-refractivity contribution in [2.75, 3.05) is 19.7 Å². The number of rotatable bonds is 6. The van der Waals surface area contributed by atoms with Crippen molar-refractivity contribution >= 4 is 5.91 Å². The first-order valence-corrected chi connectivity index (χ1v) is 12.1. The molecule has 1 spiro atoms. The lowest BCUT2D eigenvalue weighted by atomic mass is 9.80. The highest BCUT2D eigenvalue weighted by atomic mass is 16.5. The Morgan fingerprint density at radius 2 is 2.06 bits per heavy atom. The molecule has 2 saturated heterocycles. The van der Waals surface area contributed by atoms with E-state index in [1.165, 1.54) is 0 Å². The standard InChI is InChI=1S/C27H36N2O4/c1-5-31-23-16-25(22-7-6-12-28-18-22)33-27(17-23)10-13-29(14-11-27)26(30)21-8-9-24(20(4)15-21)32-19(2)3/h6-9,12,15,18-19,23,25H,5,10-11,13-14,16-17H2,1-4H3/t23-,25-/m0/s1. The normalized spacial score (nSPS) is 22.5. The summed E-state index contributed by atoms with van der Waals surface area (Å²) in [5, 5.41) is 0. The summed E-state index contributed by atoms with van der Waals surface area (Å²) in [6, 6.07) is 9.75. The third-order valence-corrected chi connectivity index (χ3v) is 6.67. The molecule has 0 radical (unpaired) electrons. The molecule has 2 aromatic rings. The van der Waals surface area contributed by atoms with E-state index in [1.54, 1.807) is 6.20 Å². The van der Waals surface area contributed by atoms with Crippen molar-refractivity contribution in [2.24, 2.45) is 0 Å². The van der Waals surface area contributed by atoms with Gasteiger partial charge in [0.25, 0.3) is 5.91 Å². The zero-order chi connectivity index (χ0) is 23.4. The van der Waals surface area contributed by atoms with Crippen LogP contribution < -0.4 is 4.74 Å². The number of nitrogens with zero attached hydrogens (tertiary/aromatic N) is 2. The first-order chi connectivity index (χ1) is 15.9. The molecule has 2 aliphatic heterocycles. The number of carbonyl (C=O) groups is 1. The van der Waals surface area contributed by atoms with E-state index < -0.39 is 0 Å². The van der Waals surface area contributed by atoms with Gasteiger partial charge < -0.3 is 19.1 Å². The van der Waals surface area contributed by atoms with E-state index in [-0.39, 0.29) is 29.8 Å². The Balaban J connectivity index is 1.44. The molecule has 0 N–H and O–H groups in total. The van der Waals surface area contributed by atoms with Gasteiger partial charge in [0.1, 0.15) is 5.75 Å². The quantitative estimate of drug-likeness (QED) is 0.610. The fourth-order valence-corrected chi connectivity index (χ4v) is 5.06. The van der Waals surface area contributed by atoms with Gasteiger partial charge in [-0.25, -0.2) is 0 Å². The number of hydrogen-bond donors (Lipinski definition) is 0. The predicted molar refractivity (Wildman–Crippen MR) is 128 cm³/mol. The monoisotopic (exact) mass is 452 g/mol. The maximum absolute atomic E-state index is 13.2. The maximum Gasteiger partial charge on any atom is 0.253 e. The summed E-state index contributed by atoms with van der Waals surface area (Å²) in [7, 11) is 0. The number of likely N-dealkylation sites (tertiary alicyclic amines) is 1. The molecule has 2 atom stereocenters. The highest BCUT2D eigenvalue weighted by Gasteiger charge is 2.45. The van der Waals surface area contributed by atoms with Gasteiger partial charge in [-0.05, 0) is 75.9 Å². The van der Waals surface area contributed by atoms with Crippen LogP contribution in [-0.4, -0.2) is 53.3 Å². The lowest BCUT2D eigenvalue weighted by Gasteiger charge is -2.48. The Labute approximate surface area is 197 Å². The molecule has 1 amide bonds. The molecule has 1 aromatic carbocycles. The summed E-state index contributed by atoms with van der Waals surface area (Å²) >= 11 is 0. The van der Waals surface area contributed by atoms with E-state index in [9.17, 15) is 4.79 Å². The molecule has 178 valence electrons. The molecule has 1 aromatic heterocycles. The van der Waals surface area contributed by atoms with Crippen LogP contribution in [0.25, 0.3) is 0 Å². The van der Waals surface area contributed by atoms with Gasteiger partial charge in [-0.1, -0.05) is 6.07 Å². The second kappa shape index (κ2) is 10.2. The van der Waals surface area contributed by atoms with Crippen LogP contribution in [0.2, 0.25) is 0 Å². The molecule has 33 heavy (non-hydrogen) atoms. The number of benzene rings is 1. The highest BCUT2D eigenvalue weighted by molar-refractivity contribution is 5.94. The zero-order valence-corrected chi connectivity index (χ0v) is 20.3. The molecule has 2 fully saturated rings. The van der Waals surface area contributed by atoms with Crippen LogP contribution in [0.3, 0.4) is 0 Å². The van der Waals surface area contributed by atoms with E-state index in [0.29, 0.717) is 25.3 Å². The van der Waals surface area contributed by atoms with E-state index >= 15 is 0 Å². The molecule has 6 nitrogen and oxygen atoms in total. The fraction of sp³-hybridized carbons (Fsp3) is 0.556. The summed E-state index contributed by atoms with van der Waals surface area (Å²) < 4.78 is 18.6. The first-order valence-electron chi connectivity index (χ1n) is 12.1. The van der Waals surface area contributed by atoms with Crippen LogP contribution in [0.15, 0.2) is 42.7 Å². The Morgan fingerprint density at radius 1 is 1.27 bits per heavy atom. The number of amides is 1. The number of hydrogen-bond acceptors (Lipinski definition) is 5. The zero-order valence-electron chi connectivity index (χ0n) is 20.3. The molecule has 0 bridgehead atoms. The molecule has 0 saturated carbocycles. The topological polar surface area (TPSA) is 60.9 Å². The minimum Gasteiger partial charge on any atom is -0.491 e. The summed E-state index contributed by atoms with van der Waals surface area (Å²) in [4.78, 5) is 19.5. The number of ether oxygens (including phenoxy) is 3. The average molecular weight is 453 g/mol. The minimum atomic E-state index is -0.264. The number of piperidine rings is 1. The van der Waals surface area contributed by atoms with Crippen molar-refractivity contribution in [1.29, 1.82) is 0 Å². The van der Waals surface area contributed by atoms with E-state index in [1.807, 2.05) is 63.1 Å². The van der Waals surface area contributed by atoms with Crippen molar-refractivity contribution in [3.63, 3.8) is 0 Å². The number of aryl methyl sites for hydroxylation is 1. The predicted octanol–water partition coefficient (Wildman–Crippen LogP) is 5.11. The van der Waals surface area contributed by atoms with Gasteiger partial charge in [-0.3, -0.25) is 9.78 Å². The van der Waals surface area contributed by atoms with Crippen LogP contribution in [0.1, 0.15) is 74.0 Å². The van der Waals surface area contributed by atoms with Gasteiger partial charge in [0.15, 0.2) is 0 Å². The summed E-state index contributed by atoms with van der Waals surface area (Å²) in [6.07, 6.45) is 7.26. The van der Waals surface area contributed by atoms with Crippen LogP contribution in [0, 0.1) is 6.92 Å². The Hall–Kier alpha value is -2.44. The van der Waals surface area contributed by atoms with Crippen LogP contribution in [-0.2, 0) is 9.47 Å². The average Bonchev–Trinajstić information content (AvgIpc) is 2.81. The number of pyridine rings is 1. The largest absolute Gasteiger partial charge is 0.491 e. The summed E-state index contributed by atoms with van der Waals surface area (Å²) in [6.45, 7) is 10.1. The molecule has 0 unspecified atom stereocenters. The fourth-order valence-electron chi connectivity index (χ4n) is 5.06. The van der Waals surface area contributed by atoms with E-state index in [2.05, 4.69) is 11.1 Å². The molecule has 2 aliphatic rings. The maximum atomic E-state index is 13.2. The first kappa shape index (κ1) is 23.7. The summed E-state index contributed by atoms with van der Waals surface area (Å²) in [5.74, 6) is 0.906. The van der Waals surface area contributed by atoms with Gasteiger partial charge in [-0.2, -0.15) is 0 Å². The third kappa shape index (κ3) is 5.56. The molecular formula is C27H36N2O4. The minimum absolute atomic E-state index is 0.0256. The summed E-state index contributed by atoms with van der Waals surface area (Å²) in [5.41, 5.74) is 2.53. The van der Waals surface area contributed by atoms with Crippen molar-refractivity contribution < 1.29 is 19.0 Å². The van der Waals surface area contributed by atoms with Crippen molar-refractivity contribution in [3.8, 4) is 5.75 Å². The number of aromatic nitrogens is 1. The Morgan fingerprint density at radius 3 is 2.70 bits per heavy atom. The van der Waals surface area contributed by atoms with Gasteiger partial charge in [0.05, 0.1) is 23.9 Å². The second-order valence-electron chi connectivity index (χ2n) is 9.53. The van der Waals surface area contributed by atoms with Crippen molar-refractivity contribution in [3.05, 3.63) is 59.4 Å². The Bertz CT molecular complexity index is 938. The molecular weight excluding hydrogens is 416 g/mol. The molecule has 0 aliphatic carbocycles. The second-order valence-corrected chi connectivity index (χ2v) is 9.53.